The third-order valence-electron chi connectivity index (χ3n) is 5.81. The number of aliphatic hydroxyl groups excluding tert-OH is 2. The predicted octanol–water partition coefficient (Wildman–Crippen LogP) is 3.80. The molecule has 162 valence electrons. The molecular weight excluding hydrogens is 404 g/mol. The standard InChI is InChI=1S/C26H24N2O4/c1-16-10-11-17(13-27)22(12-16)25(30)24(29)14-28-26(31)32-15-23-20-8-4-2-6-18(20)19-7-3-5-9-21(19)23/h2-12,23-25,29-30H,14-15H2,1H3,(H,28,31). The average Bonchev–Trinajstić information content (AvgIpc) is 3.14. The zero-order chi connectivity index (χ0) is 22.7. The Kier molecular flexibility index (Phi) is 6.22. The summed E-state index contributed by atoms with van der Waals surface area (Å²) in [5, 5.41) is 32.5. The second-order valence-electron chi connectivity index (χ2n) is 7.92. The molecule has 6 nitrogen and oxygen atoms in total. The Bertz CT molecular complexity index is 1140. The summed E-state index contributed by atoms with van der Waals surface area (Å²) in [6, 6.07) is 23.1. The molecule has 0 spiro atoms. The van der Waals surface area contributed by atoms with E-state index in [1.165, 1.54) is 0 Å². The van der Waals surface area contributed by atoms with Crippen molar-refractivity contribution in [2.75, 3.05) is 13.2 Å². The van der Waals surface area contributed by atoms with Gasteiger partial charge in [-0.05, 0) is 35.2 Å². The van der Waals surface area contributed by atoms with Crippen LogP contribution >= 0.6 is 0 Å². The van der Waals surface area contributed by atoms with Gasteiger partial charge in [0.25, 0.3) is 0 Å². The maximum absolute atomic E-state index is 12.3. The number of nitrogens with zero attached hydrogens (tertiary/aromatic N) is 1. The predicted molar refractivity (Wildman–Crippen MR) is 120 cm³/mol. The second kappa shape index (κ2) is 9.23. The van der Waals surface area contributed by atoms with E-state index >= 15 is 0 Å². The number of fused-ring (bicyclic) bond motifs is 3. The number of nitrogens with one attached hydrogen (secondary N) is 1. The van der Waals surface area contributed by atoms with Gasteiger partial charge in [-0.2, -0.15) is 5.26 Å². The minimum Gasteiger partial charge on any atom is -0.449 e. The van der Waals surface area contributed by atoms with Crippen LogP contribution in [0.3, 0.4) is 0 Å². The second-order valence-corrected chi connectivity index (χ2v) is 7.92. The summed E-state index contributed by atoms with van der Waals surface area (Å²) < 4.78 is 5.44. The van der Waals surface area contributed by atoms with Crippen molar-refractivity contribution >= 4 is 6.09 Å². The number of hydrogen-bond acceptors (Lipinski definition) is 5. The van der Waals surface area contributed by atoms with E-state index in [1.807, 2.05) is 49.4 Å². The molecule has 4 rings (SSSR count). The van der Waals surface area contributed by atoms with Gasteiger partial charge in [0.1, 0.15) is 18.8 Å². The lowest BCUT2D eigenvalue weighted by atomic mass is 9.97. The van der Waals surface area contributed by atoms with Crippen LogP contribution in [0.4, 0.5) is 4.79 Å². The third-order valence-corrected chi connectivity index (χ3v) is 5.81. The smallest absolute Gasteiger partial charge is 0.407 e. The molecule has 0 saturated heterocycles. The van der Waals surface area contributed by atoms with Crippen molar-refractivity contribution in [3.05, 3.63) is 94.5 Å². The number of ether oxygens (including phenoxy) is 1. The van der Waals surface area contributed by atoms with Crippen molar-refractivity contribution in [2.45, 2.75) is 25.0 Å². The van der Waals surface area contributed by atoms with E-state index in [9.17, 15) is 20.3 Å². The molecule has 3 aromatic carbocycles. The lowest BCUT2D eigenvalue weighted by molar-refractivity contribution is 0.0184. The summed E-state index contributed by atoms with van der Waals surface area (Å²) in [7, 11) is 0. The van der Waals surface area contributed by atoms with E-state index in [0.29, 0.717) is 5.56 Å². The molecule has 2 atom stereocenters. The van der Waals surface area contributed by atoms with Crippen LogP contribution in [0.15, 0.2) is 66.7 Å². The number of hydrogen-bond donors (Lipinski definition) is 3. The Hall–Kier alpha value is -3.66. The van der Waals surface area contributed by atoms with Gasteiger partial charge in [-0.3, -0.25) is 0 Å². The highest BCUT2D eigenvalue weighted by molar-refractivity contribution is 5.79. The SMILES string of the molecule is Cc1ccc(C#N)c(C(O)C(O)CNC(=O)OCC2c3ccccc3-c3ccccc32)c1. The summed E-state index contributed by atoms with van der Waals surface area (Å²) in [4.78, 5) is 12.3. The topological polar surface area (TPSA) is 103 Å². The van der Waals surface area contributed by atoms with Gasteiger partial charge in [-0.25, -0.2) is 4.79 Å². The van der Waals surface area contributed by atoms with Crippen LogP contribution in [0.25, 0.3) is 11.1 Å². The van der Waals surface area contributed by atoms with Crippen molar-refractivity contribution in [3.8, 4) is 17.2 Å². The molecule has 1 aliphatic carbocycles. The van der Waals surface area contributed by atoms with E-state index in [1.54, 1.807) is 18.2 Å². The molecule has 0 aromatic heterocycles. The molecule has 0 fully saturated rings. The lowest BCUT2D eigenvalue weighted by Gasteiger charge is -2.20. The number of aryl methyl sites for hydroxylation is 1. The molecule has 2 unspecified atom stereocenters. The molecular formula is C26H24N2O4. The average molecular weight is 428 g/mol. The highest BCUT2D eigenvalue weighted by Crippen LogP contribution is 2.44. The summed E-state index contributed by atoms with van der Waals surface area (Å²) >= 11 is 0. The summed E-state index contributed by atoms with van der Waals surface area (Å²) in [6.07, 6.45) is -3.27. The molecule has 0 aliphatic heterocycles. The van der Waals surface area contributed by atoms with Gasteiger partial charge in [0, 0.05) is 18.0 Å². The van der Waals surface area contributed by atoms with Gasteiger partial charge in [0.15, 0.2) is 0 Å². The van der Waals surface area contributed by atoms with Crippen LogP contribution in [0.5, 0.6) is 0 Å². The number of benzene rings is 3. The van der Waals surface area contributed by atoms with Gasteiger partial charge < -0.3 is 20.3 Å². The first-order chi connectivity index (χ1) is 15.5. The zero-order valence-electron chi connectivity index (χ0n) is 17.7. The van der Waals surface area contributed by atoms with Crippen molar-refractivity contribution in [1.29, 1.82) is 5.26 Å². The van der Waals surface area contributed by atoms with Crippen LogP contribution in [-0.2, 0) is 4.74 Å². The van der Waals surface area contributed by atoms with Crippen LogP contribution < -0.4 is 5.32 Å². The molecule has 3 aromatic rings. The molecule has 6 heteroatoms. The third kappa shape index (κ3) is 4.22. The highest BCUT2D eigenvalue weighted by atomic mass is 16.5. The van der Waals surface area contributed by atoms with Gasteiger partial charge in [0.2, 0.25) is 0 Å². The van der Waals surface area contributed by atoms with Gasteiger partial charge in [0.05, 0.1) is 11.6 Å². The maximum Gasteiger partial charge on any atom is 0.407 e. The Morgan fingerprint density at radius 3 is 2.31 bits per heavy atom. The fourth-order valence-electron chi connectivity index (χ4n) is 4.18. The number of alkyl carbamates (subject to hydrolysis) is 1. The van der Waals surface area contributed by atoms with Gasteiger partial charge in [-0.1, -0.05) is 66.2 Å². The first kappa shape index (κ1) is 21.6. The lowest BCUT2D eigenvalue weighted by Crippen LogP contribution is -2.36. The zero-order valence-corrected chi connectivity index (χ0v) is 17.7. The monoisotopic (exact) mass is 428 g/mol. The van der Waals surface area contributed by atoms with Crippen LogP contribution in [-0.4, -0.2) is 35.6 Å². The van der Waals surface area contributed by atoms with Gasteiger partial charge in [-0.15, -0.1) is 0 Å². The largest absolute Gasteiger partial charge is 0.449 e. The Labute approximate surface area is 186 Å². The number of nitriles is 1. The molecule has 0 bridgehead atoms. The van der Waals surface area contributed by atoms with Crippen molar-refractivity contribution in [3.63, 3.8) is 0 Å². The Morgan fingerprint density at radius 2 is 1.69 bits per heavy atom. The number of aliphatic hydroxyl groups is 2. The van der Waals surface area contributed by atoms with Crippen molar-refractivity contribution < 1.29 is 19.7 Å². The quantitative estimate of drug-likeness (QED) is 0.554. The van der Waals surface area contributed by atoms with Crippen molar-refractivity contribution in [2.24, 2.45) is 0 Å². The van der Waals surface area contributed by atoms with E-state index < -0.39 is 18.3 Å². The first-order valence-electron chi connectivity index (χ1n) is 10.4. The van der Waals surface area contributed by atoms with E-state index in [0.717, 1.165) is 27.8 Å². The molecule has 0 saturated carbocycles. The van der Waals surface area contributed by atoms with Crippen LogP contribution in [0, 0.1) is 18.3 Å². The number of amides is 1. The Morgan fingerprint density at radius 1 is 1.06 bits per heavy atom. The summed E-state index contributed by atoms with van der Waals surface area (Å²) in [5.41, 5.74) is 5.97. The van der Waals surface area contributed by atoms with Crippen molar-refractivity contribution in [1.82, 2.24) is 5.32 Å². The number of rotatable bonds is 6. The maximum atomic E-state index is 12.3. The van der Waals surface area contributed by atoms with E-state index in [-0.39, 0.29) is 24.6 Å². The first-order valence-corrected chi connectivity index (χ1v) is 10.4. The molecule has 32 heavy (non-hydrogen) atoms. The normalized spacial score (nSPS) is 14.1. The fourth-order valence-corrected chi connectivity index (χ4v) is 4.18. The molecule has 3 N–H and O–H groups in total. The fraction of sp³-hybridized carbons (Fsp3) is 0.231. The van der Waals surface area contributed by atoms with E-state index in [2.05, 4.69) is 17.4 Å². The minimum atomic E-state index is -1.31. The molecule has 0 radical (unpaired) electrons. The molecule has 1 aliphatic rings. The highest BCUT2D eigenvalue weighted by Gasteiger charge is 2.29. The number of carbonyl (C=O) groups is 1. The molecule has 0 heterocycles. The minimum absolute atomic E-state index is 0.0610. The van der Waals surface area contributed by atoms with E-state index in [4.69, 9.17) is 4.74 Å². The van der Waals surface area contributed by atoms with Gasteiger partial charge >= 0.3 is 6.09 Å². The van der Waals surface area contributed by atoms with Crippen LogP contribution in [0.2, 0.25) is 0 Å². The Balaban J connectivity index is 1.36. The summed E-state index contributed by atoms with van der Waals surface area (Å²) in [6.45, 7) is 1.78. The van der Waals surface area contributed by atoms with Crippen LogP contribution in [0.1, 0.15) is 39.8 Å². The number of carbonyl (C=O) groups excluding carboxylic acids is 1. The summed E-state index contributed by atoms with van der Waals surface area (Å²) in [5.74, 6) is -0.0610. The molecule has 1 amide bonds.